The molecule has 31 heavy (non-hydrogen) atoms. The number of para-hydroxylation sites is 1. The van der Waals surface area contributed by atoms with E-state index in [1.54, 1.807) is 24.3 Å². The fourth-order valence-electron chi connectivity index (χ4n) is 2.68. The molecule has 0 aliphatic carbocycles. The molecule has 0 saturated carbocycles. The number of amides is 2. The first-order valence-corrected chi connectivity index (χ1v) is 11.4. The number of benzene rings is 2. The molecule has 2 aromatic rings. The molecule has 9 nitrogen and oxygen atoms in total. The number of carbonyl (C=O) groups is 2. The summed E-state index contributed by atoms with van der Waals surface area (Å²) in [6.45, 7) is 0.132. The van der Waals surface area contributed by atoms with E-state index in [9.17, 15) is 18.0 Å². The van der Waals surface area contributed by atoms with Gasteiger partial charge in [-0.25, -0.2) is 8.42 Å². The van der Waals surface area contributed by atoms with Crippen LogP contribution in [0.5, 0.6) is 5.75 Å². The Kier molecular flexibility index (Phi) is 8.66. The summed E-state index contributed by atoms with van der Waals surface area (Å²) in [4.78, 5) is 25.0. The van der Waals surface area contributed by atoms with Crippen molar-refractivity contribution in [1.82, 2.24) is 5.32 Å². The highest BCUT2D eigenvalue weighted by atomic mass is 35.5. The average molecular weight is 470 g/mol. The van der Waals surface area contributed by atoms with Crippen molar-refractivity contribution in [3.63, 3.8) is 0 Å². The van der Waals surface area contributed by atoms with Crippen molar-refractivity contribution in [2.24, 2.45) is 0 Å². The lowest BCUT2D eigenvalue weighted by Crippen LogP contribution is -2.37. The molecule has 168 valence electrons. The van der Waals surface area contributed by atoms with Crippen LogP contribution in [0.2, 0.25) is 5.02 Å². The molecule has 2 aromatic carbocycles. The Morgan fingerprint density at radius 2 is 1.84 bits per heavy atom. The molecule has 0 fully saturated rings. The minimum absolute atomic E-state index is 0.201. The van der Waals surface area contributed by atoms with Gasteiger partial charge < -0.3 is 20.1 Å². The molecule has 0 heterocycles. The molecule has 2 rings (SSSR count). The fraction of sp³-hybridized carbons (Fsp3) is 0.300. The molecule has 2 amide bonds. The summed E-state index contributed by atoms with van der Waals surface area (Å²) in [5, 5.41) is 5.47. The number of rotatable bonds is 10. The van der Waals surface area contributed by atoms with Crippen LogP contribution >= 0.6 is 11.6 Å². The minimum atomic E-state index is -3.80. The number of methoxy groups -OCH3 is 2. The number of carbonyl (C=O) groups excluding carboxylic acids is 2. The summed E-state index contributed by atoms with van der Waals surface area (Å²) in [5.74, 6) is -0.652. The van der Waals surface area contributed by atoms with Crippen molar-refractivity contribution < 1.29 is 27.5 Å². The lowest BCUT2D eigenvalue weighted by molar-refractivity contribution is -0.114. The van der Waals surface area contributed by atoms with Crippen LogP contribution in [0, 0.1) is 0 Å². The van der Waals surface area contributed by atoms with Crippen LogP contribution in [0.4, 0.5) is 11.4 Å². The molecule has 0 spiro atoms. The van der Waals surface area contributed by atoms with Crippen LogP contribution in [0.15, 0.2) is 42.5 Å². The van der Waals surface area contributed by atoms with E-state index >= 15 is 0 Å². The van der Waals surface area contributed by atoms with E-state index in [2.05, 4.69) is 10.6 Å². The molecule has 0 aliphatic rings. The van der Waals surface area contributed by atoms with Crippen LogP contribution in [0.1, 0.15) is 10.4 Å². The summed E-state index contributed by atoms with van der Waals surface area (Å²) in [5.41, 5.74) is 0.697. The highest BCUT2D eigenvalue weighted by Crippen LogP contribution is 2.30. The normalized spacial score (nSPS) is 11.0. The molecule has 0 saturated heterocycles. The number of nitrogens with zero attached hydrogens (tertiary/aromatic N) is 1. The van der Waals surface area contributed by atoms with Crippen molar-refractivity contribution in [2.45, 2.75) is 0 Å². The Hall–Kier alpha value is -2.82. The third-order valence-electron chi connectivity index (χ3n) is 4.15. The zero-order chi connectivity index (χ0) is 23.0. The van der Waals surface area contributed by atoms with Crippen LogP contribution in [-0.4, -0.2) is 60.4 Å². The van der Waals surface area contributed by atoms with Gasteiger partial charge in [-0.05, 0) is 30.3 Å². The maximum Gasteiger partial charge on any atom is 0.253 e. The lowest BCUT2D eigenvalue weighted by atomic mass is 10.1. The van der Waals surface area contributed by atoms with Gasteiger partial charge in [-0.2, -0.15) is 0 Å². The number of halogens is 1. The van der Waals surface area contributed by atoms with Gasteiger partial charge in [-0.15, -0.1) is 0 Å². The van der Waals surface area contributed by atoms with E-state index in [4.69, 9.17) is 21.1 Å². The van der Waals surface area contributed by atoms with Gasteiger partial charge in [0.1, 0.15) is 12.3 Å². The van der Waals surface area contributed by atoms with Crippen LogP contribution in [-0.2, 0) is 19.6 Å². The number of nitrogens with one attached hydrogen (secondary N) is 2. The second-order valence-electron chi connectivity index (χ2n) is 6.43. The van der Waals surface area contributed by atoms with Gasteiger partial charge in [0.2, 0.25) is 15.9 Å². The summed E-state index contributed by atoms with van der Waals surface area (Å²) < 4.78 is 35.5. The SMILES string of the molecule is COCCNC(=O)c1ccccc1NC(=O)CN(c1ccc(OC)c(Cl)c1)S(C)(=O)=O. The molecule has 11 heteroatoms. The maximum atomic E-state index is 12.7. The first kappa shape index (κ1) is 24.4. The van der Waals surface area contributed by atoms with E-state index in [0.717, 1.165) is 10.6 Å². The molecule has 2 N–H and O–H groups in total. The van der Waals surface area contributed by atoms with Crippen molar-refractivity contribution in [2.75, 3.05) is 49.8 Å². The molecule has 0 bridgehead atoms. The molecule has 0 atom stereocenters. The summed E-state index contributed by atoms with van der Waals surface area (Å²) in [6, 6.07) is 10.8. The number of anilines is 2. The quantitative estimate of drug-likeness (QED) is 0.515. The second-order valence-corrected chi connectivity index (χ2v) is 8.74. The Morgan fingerprint density at radius 3 is 2.45 bits per heavy atom. The Labute approximate surface area is 186 Å². The minimum Gasteiger partial charge on any atom is -0.495 e. The van der Waals surface area contributed by atoms with Gasteiger partial charge in [0.15, 0.2) is 0 Å². The number of hydrogen-bond acceptors (Lipinski definition) is 6. The van der Waals surface area contributed by atoms with Gasteiger partial charge >= 0.3 is 0 Å². The van der Waals surface area contributed by atoms with E-state index in [0.29, 0.717) is 18.9 Å². The van der Waals surface area contributed by atoms with Gasteiger partial charge in [0.25, 0.3) is 5.91 Å². The van der Waals surface area contributed by atoms with Crippen molar-refractivity contribution in [3.8, 4) is 5.75 Å². The topological polar surface area (TPSA) is 114 Å². The Balaban J connectivity index is 2.21. The summed E-state index contributed by atoms with van der Waals surface area (Å²) in [7, 11) is -0.849. The monoisotopic (exact) mass is 469 g/mol. The number of sulfonamides is 1. The molecule has 0 aromatic heterocycles. The smallest absolute Gasteiger partial charge is 0.253 e. The molecule has 0 aliphatic heterocycles. The fourth-order valence-corrected chi connectivity index (χ4v) is 3.78. The zero-order valence-corrected chi connectivity index (χ0v) is 18.9. The van der Waals surface area contributed by atoms with Crippen LogP contribution < -0.4 is 19.7 Å². The molecule has 0 radical (unpaired) electrons. The largest absolute Gasteiger partial charge is 0.495 e. The predicted molar refractivity (Wildman–Crippen MR) is 119 cm³/mol. The molecular formula is C20H24ClN3O6S. The number of ether oxygens (including phenoxy) is 2. The Bertz CT molecular complexity index is 1040. The first-order chi connectivity index (χ1) is 14.7. The van der Waals surface area contributed by atoms with Crippen LogP contribution in [0.3, 0.4) is 0 Å². The predicted octanol–water partition coefficient (Wildman–Crippen LogP) is 2.13. The standard InChI is InChI=1S/C20H24ClN3O6S/c1-29-11-10-22-20(26)15-6-4-5-7-17(15)23-19(25)13-24(31(3,27)28)14-8-9-18(30-2)16(21)12-14/h4-9,12H,10-11,13H2,1-3H3,(H,22,26)(H,23,25). The lowest BCUT2D eigenvalue weighted by Gasteiger charge is -2.22. The van der Waals surface area contributed by atoms with Crippen molar-refractivity contribution in [1.29, 1.82) is 0 Å². The summed E-state index contributed by atoms with van der Waals surface area (Å²) in [6.07, 6.45) is 0.982. The zero-order valence-electron chi connectivity index (χ0n) is 17.3. The first-order valence-electron chi connectivity index (χ1n) is 9.14. The highest BCUT2D eigenvalue weighted by molar-refractivity contribution is 7.92. The van der Waals surface area contributed by atoms with Gasteiger partial charge in [-0.3, -0.25) is 13.9 Å². The third kappa shape index (κ3) is 6.84. The third-order valence-corrected chi connectivity index (χ3v) is 5.58. The van der Waals surface area contributed by atoms with Crippen molar-refractivity contribution >= 4 is 44.8 Å². The van der Waals surface area contributed by atoms with Crippen LogP contribution in [0.25, 0.3) is 0 Å². The van der Waals surface area contributed by atoms with E-state index in [1.165, 1.54) is 32.4 Å². The number of hydrogen-bond donors (Lipinski definition) is 2. The van der Waals surface area contributed by atoms with Gasteiger partial charge in [0.05, 0.1) is 41.9 Å². The summed E-state index contributed by atoms with van der Waals surface area (Å²) >= 11 is 6.10. The van der Waals surface area contributed by atoms with Gasteiger partial charge in [-0.1, -0.05) is 23.7 Å². The second kappa shape index (κ2) is 11.0. The molecular weight excluding hydrogens is 446 g/mol. The maximum absolute atomic E-state index is 12.7. The highest BCUT2D eigenvalue weighted by Gasteiger charge is 2.23. The average Bonchev–Trinajstić information content (AvgIpc) is 2.71. The van der Waals surface area contributed by atoms with E-state index in [1.807, 2.05) is 0 Å². The van der Waals surface area contributed by atoms with E-state index < -0.39 is 28.4 Å². The van der Waals surface area contributed by atoms with Crippen molar-refractivity contribution in [3.05, 3.63) is 53.1 Å². The molecule has 0 unspecified atom stereocenters. The van der Waals surface area contributed by atoms with Gasteiger partial charge in [0, 0.05) is 13.7 Å². The Morgan fingerprint density at radius 1 is 1.13 bits per heavy atom. The van der Waals surface area contributed by atoms with E-state index in [-0.39, 0.29) is 22.0 Å².